The lowest BCUT2D eigenvalue weighted by atomic mass is 10.1. The molecule has 1 amide bonds. The van der Waals surface area contributed by atoms with Crippen molar-refractivity contribution in [1.29, 1.82) is 0 Å². The second-order valence-electron chi connectivity index (χ2n) is 4.76. The van der Waals surface area contributed by atoms with Gasteiger partial charge in [0.25, 0.3) is 5.69 Å². The number of ether oxygens (including phenoxy) is 1. The molecule has 0 saturated carbocycles. The third-order valence-electron chi connectivity index (χ3n) is 3.16. The molecule has 0 aliphatic heterocycles. The summed E-state index contributed by atoms with van der Waals surface area (Å²) in [6.07, 6.45) is 0.687. The summed E-state index contributed by atoms with van der Waals surface area (Å²) in [7, 11) is 0. The van der Waals surface area contributed by atoms with E-state index in [2.05, 4.69) is 5.32 Å². The minimum atomic E-state index is -0.739. The number of nitrogens with two attached hydrogens (primary N) is 1. The predicted octanol–water partition coefficient (Wildman–Crippen LogP) is 1.69. The van der Waals surface area contributed by atoms with Crippen LogP contribution in [0.4, 0.5) is 11.4 Å². The van der Waals surface area contributed by atoms with Crippen LogP contribution in [-0.4, -0.2) is 30.0 Å². The van der Waals surface area contributed by atoms with Crippen LogP contribution in [0, 0.1) is 16.0 Å². The van der Waals surface area contributed by atoms with Crippen LogP contribution < -0.4 is 11.1 Å². The van der Waals surface area contributed by atoms with E-state index in [1.54, 1.807) is 6.92 Å². The zero-order chi connectivity index (χ0) is 16.7. The first-order chi connectivity index (χ1) is 10.4. The summed E-state index contributed by atoms with van der Waals surface area (Å²) in [6.45, 7) is 3.97. The number of nitro groups is 1. The summed E-state index contributed by atoms with van der Waals surface area (Å²) >= 11 is 0. The van der Waals surface area contributed by atoms with Crippen LogP contribution in [0.25, 0.3) is 0 Å². The second-order valence-corrected chi connectivity index (χ2v) is 4.76. The molecule has 0 fully saturated rings. The average Bonchev–Trinajstić information content (AvgIpc) is 2.50. The summed E-state index contributed by atoms with van der Waals surface area (Å²) < 4.78 is 5.03. The van der Waals surface area contributed by atoms with Crippen molar-refractivity contribution < 1.29 is 19.2 Å². The number of nitrogens with zero attached hydrogens (tertiary/aromatic N) is 1. The Hall–Kier alpha value is -2.64. The first-order valence-electron chi connectivity index (χ1n) is 6.85. The maximum atomic E-state index is 11.5. The standard InChI is InChI=1S/C14H19N3O5/c1-3-9(2)14(19)22-7-6-16-11-5-4-10(13(15)18)8-12(11)17(20)21/h4-5,8-9,16H,3,6-7H2,1-2H3,(H2,15,18). The Kier molecular flexibility index (Phi) is 6.30. The third-order valence-corrected chi connectivity index (χ3v) is 3.16. The summed E-state index contributed by atoms with van der Waals surface area (Å²) in [5.41, 5.74) is 5.12. The third kappa shape index (κ3) is 4.72. The molecular weight excluding hydrogens is 290 g/mol. The molecule has 1 unspecified atom stereocenters. The molecule has 8 heteroatoms. The van der Waals surface area contributed by atoms with E-state index in [-0.39, 0.29) is 42.0 Å². The van der Waals surface area contributed by atoms with Crippen molar-refractivity contribution in [3.05, 3.63) is 33.9 Å². The van der Waals surface area contributed by atoms with E-state index in [9.17, 15) is 19.7 Å². The fourth-order valence-electron chi connectivity index (χ4n) is 1.63. The molecule has 0 bridgehead atoms. The van der Waals surface area contributed by atoms with E-state index in [1.165, 1.54) is 12.1 Å². The van der Waals surface area contributed by atoms with Crippen LogP contribution in [0.5, 0.6) is 0 Å². The Morgan fingerprint density at radius 1 is 1.45 bits per heavy atom. The van der Waals surface area contributed by atoms with E-state index in [0.29, 0.717) is 6.42 Å². The van der Waals surface area contributed by atoms with Gasteiger partial charge in [0, 0.05) is 18.2 Å². The number of amides is 1. The minimum Gasteiger partial charge on any atom is -0.464 e. The molecule has 0 heterocycles. The lowest BCUT2D eigenvalue weighted by Gasteiger charge is -2.11. The number of carbonyl (C=O) groups excluding carboxylic acids is 2. The summed E-state index contributed by atoms with van der Waals surface area (Å²) in [6, 6.07) is 3.90. The van der Waals surface area contributed by atoms with Gasteiger partial charge in [0.05, 0.1) is 10.8 Å². The maximum Gasteiger partial charge on any atom is 0.308 e. The molecule has 0 saturated heterocycles. The second kappa shape index (κ2) is 7.96. The van der Waals surface area contributed by atoms with Gasteiger partial charge in [-0.1, -0.05) is 13.8 Å². The van der Waals surface area contributed by atoms with Crippen molar-refractivity contribution in [2.24, 2.45) is 11.7 Å². The number of hydrogen-bond donors (Lipinski definition) is 2. The number of carbonyl (C=O) groups is 2. The molecule has 0 aliphatic carbocycles. The van der Waals surface area contributed by atoms with Crippen LogP contribution in [0.2, 0.25) is 0 Å². The predicted molar refractivity (Wildman–Crippen MR) is 80.5 cm³/mol. The lowest BCUT2D eigenvalue weighted by Crippen LogP contribution is -2.19. The number of esters is 1. The Morgan fingerprint density at radius 3 is 2.68 bits per heavy atom. The Labute approximate surface area is 127 Å². The van der Waals surface area contributed by atoms with Gasteiger partial charge in [0.1, 0.15) is 12.3 Å². The molecule has 120 valence electrons. The zero-order valence-electron chi connectivity index (χ0n) is 12.5. The molecule has 1 aromatic carbocycles. The summed E-state index contributed by atoms with van der Waals surface area (Å²) in [5, 5.41) is 13.8. The Bertz CT molecular complexity index is 574. The molecule has 22 heavy (non-hydrogen) atoms. The van der Waals surface area contributed by atoms with Crippen LogP contribution in [0.1, 0.15) is 30.6 Å². The van der Waals surface area contributed by atoms with Gasteiger partial charge in [-0.3, -0.25) is 19.7 Å². The number of primary amides is 1. The van der Waals surface area contributed by atoms with E-state index in [0.717, 1.165) is 6.07 Å². The summed E-state index contributed by atoms with van der Waals surface area (Å²) in [4.78, 5) is 32.9. The molecule has 3 N–H and O–H groups in total. The molecule has 0 aromatic heterocycles. The van der Waals surface area contributed by atoms with E-state index in [1.807, 2.05) is 6.92 Å². The van der Waals surface area contributed by atoms with Crippen molar-refractivity contribution in [2.75, 3.05) is 18.5 Å². The van der Waals surface area contributed by atoms with Crippen molar-refractivity contribution in [2.45, 2.75) is 20.3 Å². The van der Waals surface area contributed by atoms with Crippen LogP contribution >= 0.6 is 0 Å². The quantitative estimate of drug-likeness (QED) is 0.326. The minimum absolute atomic E-state index is 0.0560. The van der Waals surface area contributed by atoms with Gasteiger partial charge in [-0.05, 0) is 18.6 Å². The maximum absolute atomic E-state index is 11.5. The average molecular weight is 309 g/mol. The SMILES string of the molecule is CCC(C)C(=O)OCCNc1ccc(C(N)=O)cc1[N+](=O)[O-]. The fraction of sp³-hybridized carbons (Fsp3) is 0.429. The van der Waals surface area contributed by atoms with Crippen LogP contribution in [0.3, 0.4) is 0 Å². The van der Waals surface area contributed by atoms with E-state index >= 15 is 0 Å². The van der Waals surface area contributed by atoms with Gasteiger partial charge in [-0.2, -0.15) is 0 Å². The fourth-order valence-corrected chi connectivity index (χ4v) is 1.63. The molecular formula is C14H19N3O5. The van der Waals surface area contributed by atoms with Gasteiger partial charge in [-0.15, -0.1) is 0 Å². The van der Waals surface area contributed by atoms with Crippen molar-refractivity contribution in [1.82, 2.24) is 0 Å². The highest BCUT2D eigenvalue weighted by Crippen LogP contribution is 2.25. The van der Waals surface area contributed by atoms with E-state index in [4.69, 9.17) is 10.5 Å². The Balaban J connectivity index is 2.64. The molecule has 8 nitrogen and oxygen atoms in total. The molecule has 0 spiro atoms. The number of rotatable bonds is 8. The first kappa shape index (κ1) is 17.4. The van der Waals surface area contributed by atoms with E-state index < -0.39 is 10.8 Å². The number of hydrogen-bond acceptors (Lipinski definition) is 6. The number of benzene rings is 1. The van der Waals surface area contributed by atoms with Crippen molar-refractivity contribution in [3.63, 3.8) is 0 Å². The normalized spacial score (nSPS) is 11.5. The molecule has 1 aromatic rings. The van der Waals surface area contributed by atoms with Gasteiger partial charge in [0.2, 0.25) is 5.91 Å². The van der Waals surface area contributed by atoms with Gasteiger partial charge in [-0.25, -0.2) is 0 Å². The Morgan fingerprint density at radius 2 is 2.14 bits per heavy atom. The number of anilines is 1. The molecule has 1 rings (SSSR count). The van der Waals surface area contributed by atoms with Gasteiger partial charge in [0.15, 0.2) is 0 Å². The highest BCUT2D eigenvalue weighted by atomic mass is 16.6. The monoisotopic (exact) mass is 309 g/mol. The van der Waals surface area contributed by atoms with Crippen molar-refractivity contribution in [3.8, 4) is 0 Å². The summed E-state index contributed by atoms with van der Waals surface area (Å²) in [5.74, 6) is -1.22. The van der Waals surface area contributed by atoms with Gasteiger partial charge >= 0.3 is 5.97 Å². The van der Waals surface area contributed by atoms with Crippen LogP contribution in [-0.2, 0) is 9.53 Å². The smallest absolute Gasteiger partial charge is 0.308 e. The highest BCUT2D eigenvalue weighted by Gasteiger charge is 2.16. The largest absolute Gasteiger partial charge is 0.464 e. The molecule has 0 radical (unpaired) electrons. The topological polar surface area (TPSA) is 125 Å². The first-order valence-corrected chi connectivity index (χ1v) is 6.85. The van der Waals surface area contributed by atoms with Gasteiger partial charge < -0.3 is 15.8 Å². The highest BCUT2D eigenvalue weighted by molar-refractivity contribution is 5.94. The molecule has 1 atom stereocenters. The zero-order valence-corrected chi connectivity index (χ0v) is 12.5. The number of nitrogens with one attached hydrogen (secondary N) is 1. The lowest BCUT2D eigenvalue weighted by molar-refractivity contribution is -0.384. The number of nitro benzene ring substituents is 1. The van der Waals surface area contributed by atoms with Crippen LogP contribution in [0.15, 0.2) is 18.2 Å². The van der Waals surface area contributed by atoms with Crippen molar-refractivity contribution >= 4 is 23.3 Å². The molecule has 0 aliphatic rings.